The molecule has 2 aliphatic rings. The predicted molar refractivity (Wildman–Crippen MR) is 115 cm³/mol. The van der Waals surface area contributed by atoms with Gasteiger partial charge in [-0.05, 0) is 41.7 Å². The van der Waals surface area contributed by atoms with Crippen molar-refractivity contribution in [2.75, 3.05) is 0 Å². The van der Waals surface area contributed by atoms with E-state index in [1.54, 1.807) is 19.2 Å². The molecular weight excluding hydrogens is 471 g/mol. The number of carbonyl (C=O) groups is 3. The number of carbonyl (C=O) groups excluding carboxylic acids is 3. The second-order valence-electron chi connectivity index (χ2n) is 9.46. The first-order valence-corrected chi connectivity index (χ1v) is 10.7. The van der Waals surface area contributed by atoms with Crippen molar-refractivity contribution in [3.8, 4) is 0 Å². The Bertz CT molecular complexity index is 1250. The third-order valence-corrected chi connectivity index (χ3v) is 6.22. The predicted octanol–water partition coefficient (Wildman–Crippen LogP) is 4.68. The van der Waals surface area contributed by atoms with Crippen molar-refractivity contribution in [2.45, 2.75) is 44.9 Å². The number of amides is 2. The minimum absolute atomic E-state index is 0.0472. The Morgan fingerprint density at radius 3 is 2.23 bits per heavy atom. The van der Waals surface area contributed by atoms with E-state index in [0.717, 1.165) is 29.2 Å². The highest BCUT2D eigenvalue weighted by molar-refractivity contribution is 6.14. The maximum Gasteiger partial charge on any atom is 0.425 e. The fourth-order valence-corrected chi connectivity index (χ4v) is 4.65. The Kier molecular flexibility index (Phi) is 5.81. The molecule has 1 aliphatic heterocycles. The lowest BCUT2D eigenvalue weighted by molar-refractivity contribution is -0.190. The molecule has 0 radical (unpaired) electrons. The van der Waals surface area contributed by atoms with Gasteiger partial charge in [0.25, 0.3) is 11.8 Å². The van der Waals surface area contributed by atoms with Crippen molar-refractivity contribution in [3.63, 3.8) is 0 Å². The summed E-state index contributed by atoms with van der Waals surface area (Å²) in [6.07, 6.45) is -5.74. The smallest absolute Gasteiger partial charge is 0.326 e. The van der Waals surface area contributed by atoms with E-state index in [9.17, 15) is 36.3 Å². The Balaban J connectivity index is 1.88. The number of hydrogen-bond donors (Lipinski definition) is 1. The molecule has 10 heteroatoms. The van der Waals surface area contributed by atoms with Gasteiger partial charge in [0.05, 0.1) is 17.7 Å². The van der Waals surface area contributed by atoms with E-state index in [0.29, 0.717) is 5.56 Å². The topological polar surface area (TPSA) is 66.5 Å². The molecule has 1 N–H and O–H groups in total. The molecule has 0 aromatic heterocycles. The van der Waals surface area contributed by atoms with Crippen LogP contribution >= 0.6 is 0 Å². The van der Waals surface area contributed by atoms with Gasteiger partial charge in [0.1, 0.15) is 11.6 Å². The van der Waals surface area contributed by atoms with Crippen molar-refractivity contribution in [1.82, 2.24) is 10.2 Å². The minimum atomic E-state index is -5.42. The summed E-state index contributed by atoms with van der Waals surface area (Å²) in [5.41, 5.74) is -5.84. The van der Waals surface area contributed by atoms with Gasteiger partial charge >= 0.3 is 6.18 Å². The summed E-state index contributed by atoms with van der Waals surface area (Å²) in [7, 11) is 0. The van der Waals surface area contributed by atoms with E-state index in [2.05, 4.69) is 0 Å². The zero-order valence-corrected chi connectivity index (χ0v) is 18.8. The van der Waals surface area contributed by atoms with Crippen LogP contribution < -0.4 is 5.32 Å². The molecule has 0 unspecified atom stereocenters. The molecule has 2 amide bonds. The van der Waals surface area contributed by atoms with Crippen molar-refractivity contribution < 1.29 is 36.3 Å². The van der Waals surface area contributed by atoms with Gasteiger partial charge in [-0.15, -0.1) is 0 Å². The van der Waals surface area contributed by atoms with Crippen LogP contribution in [-0.4, -0.2) is 34.2 Å². The van der Waals surface area contributed by atoms with E-state index in [1.165, 1.54) is 24.3 Å². The van der Waals surface area contributed by atoms with Gasteiger partial charge in [0.2, 0.25) is 5.54 Å². The summed E-state index contributed by atoms with van der Waals surface area (Å²) in [4.78, 5) is 40.3. The van der Waals surface area contributed by atoms with E-state index < -0.39 is 57.5 Å². The summed E-state index contributed by atoms with van der Waals surface area (Å²) in [5, 5.41) is 1.69. The summed E-state index contributed by atoms with van der Waals surface area (Å²) >= 11 is 0. The Labute approximate surface area is 197 Å². The molecule has 0 saturated heterocycles. The van der Waals surface area contributed by atoms with E-state index in [4.69, 9.17) is 0 Å². The van der Waals surface area contributed by atoms with Gasteiger partial charge in [0, 0.05) is 12.1 Å². The van der Waals surface area contributed by atoms with Crippen LogP contribution in [0.15, 0.2) is 59.8 Å². The van der Waals surface area contributed by atoms with Crippen LogP contribution in [0.3, 0.4) is 0 Å². The van der Waals surface area contributed by atoms with Crippen molar-refractivity contribution in [3.05, 3.63) is 82.6 Å². The van der Waals surface area contributed by atoms with Crippen molar-refractivity contribution in [1.29, 1.82) is 0 Å². The zero-order chi connectivity index (χ0) is 25.8. The number of ketones is 1. The van der Waals surface area contributed by atoms with Gasteiger partial charge in [-0.1, -0.05) is 38.1 Å². The molecular formula is C25H21F5N2O3. The molecule has 0 spiro atoms. The van der Waals surface area contributed by atoms with Crippen LogP contribution in [0, 0.1) is 17.0 Å². The molecule has 0 saturated carbocycles. The number of allylic oxidation sites excluding steroid dienone is 1. The molecule has 2 aromatic carbocycles. The maximum absolute atomic E-state index is 14.8. The quantitative estimate of drug-likeness (QED) is 0.631. The van der Waals surface area contributed by atoms with Gasteiger partial charge in [-0.25, -0.2) is 8.78 Å². The standard InChI is InChI=1S/C25H21F5N2O3/c1-23(2)11-18-20(19(33)12-23)24(25(28,29)30,31-21(34)16-5-3-4-6-17(16)27)22(35)32(18)13-14-7-9-15(26)10-8-14/h3-10H,11-13H2,1-2H3,(H,31,34)/t24-/m1/s1. The highest BCUT2D eigenvalue weighted by atomic mass is 19.4. The third kappa shape index (κ3) is 4.11. The van der Waals surface area contributed by atoms with Crippen molar-refractivity contribution in [2.24, 2.45) is 5.41 Å². The number of nitrogens with one attached hydrogen (secondary N) is 1. The summed E-state index contributed by atoms with van der Waals surface area (Å²) in [5.74, 6) is -5.65. The molecule has 184 valence electrons. The number of alkyl halides is 3. The van der Waals surface area contributed by atoms with Crippen LogP contribution in [0.25, 0.3) is 0 Å². The lowest BCUT2D eigenvalue weighted by Crippen LogP contribution is -2.66. The third-order valence-electron chi connectivity index (χ3n) is 6.22. The van der Waals surface area contributed by atoms with Crippen LogP contribution in [0.5, 0.6) is 0 Å². The first kappa shape index (κ1) is 24.6. The lowest BCUT2D eigenvalue weighted by atomic mass is 9.72. The monoisotopic (exact) mass is 492 g/mol. The first-order chi connectivity index (χ1) is 16.3. The number of benzene rings is 2. The normalized spacial score (nSPS) is 21.9. The van der Waals surface area contributed by atoms with Crippen LogP contribution in [0.1, 0.15) is 42.6 Å². The summed E-state index contributed by atoms with van der Waals surface area (Å²) in [6.45, 7) is 2.98. The van der Waals surface area contributed by atoms with Gasteiger partial charge in [-0.3, -0.25) is 14.4 Å². The molecule has 5 nitrogen and oxygen atoms in total. The number of Topliss-reactive ketones (excluding diaryl/α,β-unsaturated/α-hetero) is 1. The molecule has 2 aromatic rings. The van der Waals surface area contributed by atoms with Crippen molar-refractivity contribution >= 4 is 17.6 Å². The van der Waals surface area contributed by atoms with E-state index in [1.807, 2.05) is 0 Å². The second kappa shape index (κ2) is 8.28. The average molecular weight is 492 g/mol. The largest absolute Gasteiger partial charge is 0.425 e. The van der Waals surface area contributed by atoms with Crippen LogP contribution in [0.4, 0.5) is 22.0 Å². The zero-order valence-electron chi connectivity index (χ0n) is 18.8. The first-order valence-electron chi connectivity index (χ1n) is 10.7. The molecule has 35 heavy (non-hydrogen) atoms. The van der Waals surface area contributed by atoms with E-state index >= 15 is 0 Å². The Morgan fingerprint density at radius 1 is 1.00 bits per heavy atom. The second-order valence-corrected chi connectivity index (χ2v) is 9.46. The Morgan fingerprint density at radius 2 is 1.63 bits per heavy atom. The minimum Gasteiger partial charge on any atom is -0.326 e. The van der Waals surface area contributed by atoms with Gasteiger partial charge in [-0.2, -0.15) is 13.2 Å². The fourth-order valence-electron chi connectivity index (χ4n) is 4.65. The molecule has 4 rings (SSSR count). The SMILES string of the molecule is CC1(C)CC(=O)C2=C(C1)N(Cc1ccc(F)cc1)C(=O)[C@@]2(NC(=O)c1ccccc1F)C(F)(F)F. The highest BCUT2D eigenvalue weighted by Gasteiger charge is 2.71. The summed E-state index contributed by atoms with van der Waals surface area (Å²) in [6, 6.07) is 9.19. The lowest BCUT2D eigenvalue weighted by Gasteiger charge is -2.35. The number of halogens is 5. The maximum atomic E-state index is 14.8. The summed E-state index contributed by atoms with van der Waals surface area (Å²) < 4.78 is 71.8. The molecule has 1 atom stereocenters. The van der Waals surface area contributed by atoms with Gasteiger partial charge in [0.15, 0.2) is 5.78 Å². The number of nitrogens with zero attached hydrogens (tertiary/aromatic N) is 1. The van der Waals surface area contributed by atoms with Gasteiger partial charge < -0.3 is 10.2 Å². The molecule has 0 fully saturated rings. The molecule has 1 heterocycles. The van der Waals surface area contributed by atoms with Crippen LogP contribution in [-0.2, 0) is 16.1 Å². The fraction of sp³-hybridized carbons (Fsp3) is 0.320. The average Bonchev–Trinajstić information content (AvgIpc) is 2.97. The Hall–Kier alpha value is -3.56. The number of hydrogen-bond acceptors (Lipinski definition) is 3. The highest BCUT2D eigenvalue weighted by Crippen LogP contribution is 2.52. The molecule has 1 aliphatic carbocycles. The number of rotatable bonds is 4. The van der Waals surface area contributed by atoms with E-state index in [-0.39, 0.29) is 25.1 Å². The van der Waals surface area contributed by atoms with Crippen LogP contribution in [0.2, 0.25) is 0 Å². The molecule has 0 bridgehead atoms.